The standard InChI is InChI=1S/C6H13NO.C4H6O2/c1-2-3-4-5-6-7-8;1-3(2)4(5)6/h6,8H,2-5H2,1H3;1H2,2H3,(H,5,6). The van der Waals surface area contributed by atoms with Crippen molar-refractivity contribution in [2.75, 3.05) is 0 Å². The van der Waals surface area contributed by atoms with Crippen molar-refractivity contribution in [3.63, 3.8) is 0 Å². The Morgan fingerprint density at radius 1 is 1.50 bits per heavy atom. The third-order valence-corrected chi connectivity index (χ3v) is 1.38. The first kappa shape index (κ1) is 15.2. The number of carboxylic acids is 1. The number of unbranched alkanes of at least 4 members (excludes halogenated alkanes) is 3. The number of nitrogens with zero attached hydrogens (tertiary/aromatic N) is 1. The number of aliphatic carboxylic acids is 1. The second kappa shape index (κ2) is 11.7. The minimum Gasteiger partial charge on any atom is -0.478 e. The monoisotopic (exact) mass is 201 g/mol. The van der Waals surface area contributed by atoms with E-state index >= 15 is 0 Å². The van der Waals surface area contributed by atoms with E-state index in [-0.39, 0.29) is 5.57 Å². The van der Waals surface area contributed by atoms with E-state index in [1.807, 2.05) is 0 Å². The van der Waals surface area contributed by atoms with Crippen molar-refractivity contribution in [2.24, 2.45) is 5.16 Å². The molecule has 0 aliphatic carbocycles. The molecule has 0 saturated heterocycles. The molecular weight excluding hydrogens is 182 g/mol. The molecule has 0 radical (unpaired) electrons. The Hall–Kier alpha value is -1.32. The molecule has 0 spiro atoms. The lowest BCUT2D eigenvalue weighted by Crippen LogP contribution is -1.92. The van der Waals surface area contributed by atoms with Gasteiger partial charge in [0.15, 0.2) is 0 Å². The van der Waals surface area contributed by atoms with E-state index in [0.29, 0.717) is 0 Å². The average Bonchev–Trinajstić information content (AvgIpc) is 2.13. The van der Waals surface area contributed by atoms with Crippen LogP contribution in [-0.2, 0) is 4.79 Å². The van der Waals surface area contributed by atoms with Gasteiger partial charge < -0.3 is 10.3 Å². The molecule has 0 aliphatic rings. The molecule has 0 aromatic carbocycles. The van der Waals surface area contributed by atoms with Crippen molar-refractivity contribution in [3.8, 4) is 0 Å². The van der Waals surface area contributed by atoms with Crippen molar-refractivity contribution in [1.29, 1.82) is 0 Å². The van der Waals surface area contributed by atoms with Crippen LogP contribution in [0, 0.1) is 0 Å². The number of carboxylic acid groups (broad SMARTS) is 1. The van der Waals surface area contributed by atoms with Crippen molar-refractivity contribution < 1.29 is 15.1 Å². The molecule has 0 fully saturated rings. The second-order valence-corrected chi connectivity index (χ2v) is 2.88. The minimum absolute atomic E-state index is 0.176. The first-order chi connectivity index (χ1) is 6.56. The quantitative estimate of drug-likeness (QED) is 0.236. The molecule has 82 valence electrons. The zero-order valence-corrected chi connectivity index (χ0v) is 8.86. The van der Waals surface area contributed by atoms with Gasteiger partial charge in [0.25, 0.3) is 0 Å². The average molecular weight is 201 g/mol. The molecule has 0 amide bonds. The maximum Gasteiger partial charge on any atom is 0.330 e. The fraction of sp³-hybridized carbons (Fsp3) is 0.600. The molecule has 2 N–H and O–H groups in total. The van der Waals surface area contributed by atoms with E-state index in [2.05, 4.69) is 18.7 Å². The number of hydrogen-bond acceptors (Lipinski definition) is 3. The molecule has 0 atom stereocenters. The summed E-state index contributed by atoms with van der Waals surface area (Å²) in [5.41, 5.74) is 0.176. The van der Waals surface area contributed by atoms with Gasteiger partial charge in [-0.15, -0.1) is 5.16 Å². The van der Waals surface area contributed by atoms with Crippen molar-refractivity contribution in [3.05, 3.63) is 12.2 Å². The summed E-state index contributed by atoms with van der Waals surface area (Å²) < 4.78 is 0. The Bertz CT molecular complexity index is 176. The number of oxime groups is 1. The SMILES string of the molecule is C=C(C)C(=O)O.CCCCCC=NO. The van der Waals surface area contributed by atoms with Gasteiger partial charge in [0.1, 0.15) is 0 Å². The lowest BCUT2D eigenvalue weighted by molar-refractivity contribution is -0.132. The van der Waals surface area contributed by atoms with Gasteiger partial charge in [-0.05, 0) is 19.8 Å². The van der Waals surface area contributed by atoms with E-state index in [0.717, 1.165) is 12.8 Å². The predicted molar refractivity (Wildman–Crippen MR) is 56.9 cm³/mol. The Morgan fingerprint density at radius 3 is 2.29 bits per heavy atom. The fourth-order valence-corrected chi connectivity index (χ4v) is 0.543. The molecule has 0 heterocycles. The van der Waals surface area contributed by atoms with Gasteiger partial charge in [0, 0.05) is 11.8 Å². The summed E-state index contributed by atoms with van der Waals surface area (Å²) >= 11 is 0. The van der Waals surface area contributed by atoms with E-state index in [9.17, 15) is 4.79 Å². The second-order valence-electron chi connectivity index (χ2n) is 2.88. The lowest BCUT2D eigenvalue weighted by atomic mass is 10.2. The smallest absolute Gasteiger partial charge is 0.330 e. The highest BCUT2D eigenvalue weighted by atomic mass is 16.4. The third kappa shape index (κ3) is 17.0. The van der Waals surface area contributed by atoms with Crippen LogP contribution >= 0.6 is 0 Å². The topological polar surface area (TPSA) is 69.9 Å². The number of carbonyl (C=O) groups is 1. The van der Waals surface area contributed by atoms with Crippen LogP contribution in [0.1, 0.15) is 39.5 Å². The minimum atomic E-state index is -0.935. The highest BCUT2D eigenvalue weighted by molar-refractivity contribution is 5.84. The molecule has 14 heavy (non-hydrogen) atoms. The molecule has 4 nitrogen and oxygen atoms in total. The van der Waals surface area contributed by atoms with Gasteiger partial charge in [-0.25, -0.2) is 4.79 Å². The molecule has 0 bridgehead atoms. The summed E-state index contributed by atoms with van der Waals surface area (Å²) in [5, 5.41) is 18.7. The van der Waals surface area contributed by atoms with Crippen LogP contribution in [-0.4, -0.2) is 22.5 Å². The Balaban J connectivity index is 0. The van der Waals surface area contributed by atoms with Crippen LogP contribution < -0.4 is 0 Å². The normalized spacial score (nSPS) is 9.29. The van der Waals surface area contributed by atoms with E-state index in [1.54, 1.807) is 0 Å². The first-order valence-corrected chi connectivity index (χ1v) is 4.60. The molecule has 4 heteroatoms. The van der Waals surface area contributed by atoms with Crippen molar-refractivity contribution >= 4 is 12.2 Å². The van der Waals surface area contributed by atoms with Crippen LogP contribution in [0.5, 0.6) is 0 Å². The van der Waals surface area contributed by atoms with Crippen molar-refractivity contribution in [2.45, 2.75) is 39.5 Å². The largest absolute Gasteiger partial charge is 0.478 e. The maximum atomic E-state index is 9.60. The van der Waals surface area contributed by atoms with Gasteiger partial charge in [0.2, 0.25) is 0 Å². The first-order valence-electron chi connectivity index (χ1n) is 4.60. The van der Waals surface area contributed by atoms with Crippen LogP contribution in [0.25, 0.3) is 0 Å². The summed E-state index contributed by atoms with van der Waals surface area (Å²) in [6, 6.07) is 0. The zero-order valence-electron chi connectivity index (χ0n) is 8.86. The summed E-state index contributed by atoms with van der Waals surface area (Å²) in [6.07, 6.45) is 6.03. The summed E-state index contributed by atoms with van der Waals surface area (Å²) in [4.78, 5) is 9.60. The maximum absolute atomic E-state index is 9.60. The van der Waals surface area contributed by atoms with Gasteiger partial charge in [-0.1, -0.05) is 26.3 Å². The molecule has 0 aromatic rings. The zero-order chi connectivity index (χ0) is 11.4. The molecule has 0 saturated carbocycles. The van der Waals surface area contributed by atoms with E-state index in [4.69, 9.17) is 10.3 Å². The highest BCUT2D eigenvalue weighted by Gasteiger charge is 1.90. The Labute approximate surface area is 84.9 Å². The lowest BCUT2D eigenvalue weighted by Gasteiger charge is -1.87. The van der Waals surface area contributed by atoms with Gasteiger partial charge >= 0.3 is 5.97 Å². The number of rotatable bonds is 5. The molecule has 0 aliphatic heterocycles. The summed E-state index contributed by atoms with van der Waals surface area (Å²) in [5.74, 6) is -0.935. The van der Waals surface area contributed by atoms with Crippen LogP contribution in [0.3, 0.4) is 0 Å². The van der Waals surface area contributed by atoms with Crippen LogP contribution in [0.15, 0.2) is 17.3 Å². The third-order valence-electron chi connectivity index (χ3n) is 1.38. The number of hydrogen-bond donors (Lipinski definition) is 2. The Morgan fingerprint density at radius 2 is 2.00 bits per heavy atom. The predicted octanol–water partition coefficient (Wildman–Crippen LogP) is 2.67. The fourth-order valence-electron chi connectivity index (χ4n) is 0.543. The molecule has 0 aromatic heterocycles. The Kier molecular flexibility index (Phi) is 12.7. The van der Waals surface area contributed by atoms with Crippen LogP contribution in [0.4, 0.5) is 0 Å². The van der Waals surface area contributed by atoms with Gasteiger partial charge in [0.05, 0.1) is 0 Å². The van der Waals surface area contributed by atoms with Gasteiger partial charge in [-0.3, -0.25) is 0 Å². The molecule has 0 unspecified atom stereocenters. The molecular formula is C10H19NO3. The van der Waals surface area contributed by atoms with Crippen molar-refractivity contribution in [1.82, 2.24) is 0 Å². The highest BCUT2D eigenvalue weighted by Crippen LogP contribution is 1.95. The van der Waals surface area contributed by atoms with E-state index in [1.165, 1.54) is 26.0 Å². The van der Waals surface area contributed by atoms with E-state index < -0.39 is 5.97 Å². The van der Waals surface area contributed by atoms with Crippen LogP contribution in [0.2, 0.25) is 0 Å². The summed E-state index contributed by atoms with van der Waals surface area (Å²) in [7, 11) is 0. The van der Waals surface area contributed by atoms with Gasteiger partial charge in [-0.2, -0.15) is 0 Å². The molecule has 0 rings (SSSR count). The summed E-state index contributed by atoms with van der Waals surface area (Å²) in [6.45, 7) is 6.75.